The first kappa shape index (κ1) is 18.1. The Morgan fingerprint density at radius 1 is 1.44 bits per heavy atom. The zero-order chi connectivity index (χ0) is 11.9. The fourth-order valence-corrected chi connectivity index (χ4v) is 1.51. The Morgan fingerprint density at radius 3 is 2.44 bits per heavy atom. The number of carbonyl (C=O) groups is 1. The molecule has 0 aromatic rings. The zero-order valence-corrected chi connectivity index (χ0v) is 11.6. The first-order valence-electron chi connectivity index (χ1n) is 5.57. The molecule has 0 spiro atoms. The summed E-state index contributed by atoms with van der Waals surface area (Å²) in [6.07, 6.45) is 1.63. The van der Waals surface area contributed by atoms with Gasteiger partial charge in [0.2, 0.25) is 5.91 Å². The zero-order valence-electron chi connectivity index (χ0n) is 10.8. The van der Waals surface area contributed by atoms with E-state index in [9.17, 15) is 4.79 Å². The predicted octanol–water partition coefficient (Wildman–Crippen LogP) is 1.42. The van der Waals surface area contributed by atoms with Crippen LogP contribution in [0.5, 0.6) is 0 Å². The Bertz CT molecular complexity index is 198. The van der Waals surface area contributed by atoms with Crippen molar-refractivity contribution >= 4 is 18.3 Å². The number of hydrogen-bond acceptors (Lipinski definition) is 3. The van der Waals surface area contributed by atoms with Crippen molar-refractivity contribution in [2.75, 3.05) is 26.8 Å². The van der Waals surface area contributed by atoms with Crippen molar-refractivity contribution in [2.45, 2.75) is 39.2 Å². The van der Waals surface area contributed by atoms with Gasteiger partial charge in [0.15, 0.2) is 0 Å². The Labute approximate surface area is 105 Å². The Balaban J connectivity index is 0. The number of nitrogens with zero attached hydrogens (tertiary/aromatic N) is 1. The molecule has 1 atom stereocenters. The third-order valence-electron chi connectivity index (χ3n) is 2.38. The minimum Gasteiger partial charge on any atom is -0.380 e. The van der Waals surface area contributed by atoms with Crippen LogP contribution in [0.25, 0.3) is 0 Å². The molecule has 2 N–H and O–H groups in total. The first-order chi connectivity index (χ1) is 6.95. The summed E-state index contributed by atoms with van der Waals surface area (Å²) in [5, 5.41) is 0. The summed E-state index contributed by atoms with van der Waals surface area (Å²) in [6.45, 7) is 7.60. The van der Waals surface area contributed by atoms with E-state index < -0.39 is 5.54 Å². The van der Waals surface area contributed by atoms with Crippen molar-refractivity contribution in [1.29, 1.82) is 0 Å². The number of rotatable bonds is 7. The Morgan fingerprint density at radius 2 is 2.00 bits per heavy atom. The maximum absolute atomic E-state index is 11.9. The maximum Gasteiger partial charge on any atom is 0.242 e. The number of nitrogens with two attached hydrogens (primary N) is 1. The lowest BCUT2D eigenvalue weighted by molar-refractivity contribution is -0.136. The standard InChI is InChI=1S/C11H24N2O2.ClH/c1-5-7-11(3,12)10(14)13(4)8-9-15-6-2;/h5-9,12H2,1-4H3;1H. The topological polar surface area (TPSA) is 55.6 Å². The van der Waals surface area contributed by atoms with Gasteiger partial charge in [-0.3, -0.25) is 4.79 Å². The molecule has 4 nitrogen and oxygen atoms in total. The molecule has 0 aliphatic rings. The number of hydrogen-bond donors (Lipinski definition) is 1. The molecule has 1 unspecified atom stereocenters. The molecule has 0 aromatic carbocycles. The van der Waals surface area contributed by atoms with Crippen molar-refractivity contribution in [3.8, 4) is 0 Å². The number of likely N-dealkylation sites (N-methyl/N-ethyl adjacent to an activating group) is 1. The molecular formula is C11H25ClN2O2. The van der Waals surface area contributed by atoms with E-state index in [0.29, 0.717) is 26.2 Å². The van der Waals surface area contributed by atoms with Crippen molar-refractivity contribution in [1.82, 2.24) is 4.90 Å². The van der Waals surface area contributed by atoms with Gasteiger partial charge in [-0.1, -0.05) is 13.3 Å². The van der Waals surface area contributed by atoms with E-state index >= 15 is 0 Å². The second-order valence-corrected chi connectivity index (χ2v) is 4.09. The van der Waals surface area contributed by atoms with Crippen molar-refractivity contribution in [3.63, 3.8) is 0 Å². The molecule has 0 aromatic heterocycles. The SMILES string of the molecule is CCCC(C)(N)C(=O)N(C)CCOCC.Cl. The van der Waals surface area contributed by atoms with Gasteiger partial charge < -0.3 is 15.4 Å². The summed E-state index contributed by atoms with van der Waals surface area (Å²) >= 11 is 0. The van der Waals surface area contributed by atoms with E-state index in [1.165, 1.54) is 0 Å². The molecule has 98 valence electrons. The predicted molar refractivity (Wildman–Crippen MR) is 68.9 cm³/mol. The summed E-state index contributed by atoms with van der Waals surface area (Å²) in [5.74, 6) is -0.0101. The van der Waals surface area contributed by atoms with Crippen LogP contribution in [0, 0.1) is 0 Å². The van der Waals surface area contributed by atoms with Crippen LogP contribution in [-0.4, -0.2) is 43.2 Å². The third kappa shape index (κ3) is 6.30. The monoisotopic (exact) mass is 252 g/mol. The highest BCUT2D eigenvalue weighted by atomic mass is 35.5. The third-order valence-corrected chi connectivity index (χ3v) is 2.38. The highest BCUT2D eigenvalue weighted by Crippen LogP contribution is 2.11. The molecule has 16 heavy (non-hydrogen) atoms. The maximum atomic E-state index is 11.9. The van der Waals surface area contributed by atoms with Gasteiger partial charge >= 0.3 is 0 Å². The fraction of sp³-hybridized carbons (Fsp3) is 0.909. The largest absolute Gasteiger partial charge is 0.380 e. The molecule has 0 rings (SSSR count). The van der Waals surface area contributed by atoms with E-state index in [-0.39, 0.29) is 18.3 Å². The lowest BCUT2D eigenvalue weighted by atomic mass is 9.96. The van der Waals surface area contributed by atoms with E-state index in [4.69, 9.17) is 10.5 Å². The molecule has 0 aliphatic carbocycles. The van der Waals surface area contributed by atoms with E-state index in [2.05, 4.69) is 0 Å². The van der Waals surface area contributed by atoms with Gasteiger partial charge in [0.1, 0.15) is 0 Å². The summed E-state index contributed by atoms with van der Waals surface area (Å²) in [4.78, 5) is 13.5. The average Bonchev–Trinajstić information content (AvgIpc) is 2.16. The minimum absolute atomic E-state index is 0. The van der Waals surface area contributed by atoms with Crippen LogP contribution >= 0.6 is 12.4 Å². The van der Waals surface area contributed by atoms with Crippen LogP contribution < -0.4 is 5.73 Å². The number of ether oxygens (including phenoxy) is 1. The lowest BCUT2D eigenvalue weighted by Gasteiger charge is -2.28. The van der Waals surface area contributed by atoms with Crippen molar-refractivity contribution in [3.05, 3.63) is 0 Å². The molecule has 0 fully saturated rings. The fourth-order valence-electron chi connectivity index (χ4n) is 1.51. The molecule has 1 amide bonds. The average molecular weight is 253 g/mol. The quantitative estimate of drug-likeness (QED) is 0.698. The molecular weight excluding hydrogens is 228 g/mol. The van der Waals surface area contributed by atoms with Gasteiger partial charge in [-0.05, 0) is 20.3 Å². The summed E-state index contributed by atoms with van der Waals surface area (Å²) in [7, 11) is 1.77. The van der Waals surface area contributed by atoms with E-state index in [0.717, 1.165) is 6.42 Å². The number of halogens is 1. The van der Waals surface area contributed by atoms with E-state index in [1.54, 1.807) is 18.9 Å². The van der Waals surface area contributed by atoms with Crippen molar-refractivity contribution < 1.29 is 9.53 Å². The Kier molecular flexibility index (Phi) is 9.92. The molecule has 0 bridgehead atoms. The van der Waals surface area contributed by atoms with Crippen LogP contribution in [0.1, 0.15) is 33.6 Å². The smallest absolute Gasteiger partial charge is 0.242 e. The van der Waals surface area contributed by atoms with Gasteiger partial charge in [0.25, 0.3) is 0 Å². The number of amides is 1. The van der Waals surface area contributed by atoms with Gasteiger partial charge in [-0.15, -0.1) is 12.4 Å². The highest BCUT2D eigenvalue weighted by molar-refractivity contribution is 5.85. The molecule has 0 aliphatic heterocycles. The van der Waals surface area contributed by atoms with Crippen LogP contribution in [-0.2, 0) is 9.53 Å². The highest BCUT2D eigenvalue weighted by Gasteiger charge is 2.29. The minimum atomic E-state index is -0.740. The first-order valence-corrected chi connectivity index (χ1v) is 5.57. The van der Waals surface area contributed by atoms with Crippen LogP contribution in [0.4, 0.5) is 0 Å². The van der Waals surface area contributed by atoms with Gasteiger partial charge in [0, 0.05) is 20.2 Å². The number of carbonyl (C=O) groups excluding carboxylic acids is 1. The summed E-state index contributed by atoms with van der Waals surface area (Å²) in [5.41, 5.74) is 5.20. The Hall–Kier alpha value is -0.320. The lowest BCUT2D eigenvalue weighted by Crippen LogP contribution is -2.52. The van der Waals surface area contributed by atoms with Crippen molar-refractivity contribution in [2.24, 2.45) is 5.73 Å². The normalized spacial score (nSPS) is 13.8. The van der Waals surface area contributed by atoms with Gasteiger partial charge in [-0.2, -0.15) is 0 Å². The molecule has 0 saturated carbocycles. The molecule has 0 heterocycles. The summed E-state index contributed by atoms with van der Waals surface area (Å²) < 4.78 is 5.19. The van der Waals surface area contributed by atoms with Crippen LogP contribution in [0.3, 0.4) is 0 Å². The molecule has 0 saturated heterocycles. The summed E-state index contributed by atoms with van der Waals surface area (Å²) in [6, 6.07) is 0. The van der Waals surface area contributed by atoms with Gasteiger partial charge in [0.05, 0.1) is 12.1 Å². The second-order valence-electron chi connectivity index (χ2n) is 4.09. The molecule has 5 heteroatoms. The van der Waals surface area contributed by atoms with Crippen LogP contribution in [0.2, 0.25) is 0 Å². The molecule has 0 radical (unpaired) electrons. The second kappa shape index (κ2) is 8.79. The van der Waals surface area contributed by atoms with Crippen LogP contribution in [0.15, 0.2) is 0 Å². The van der Waals surface area contributed by atoms with E-state index in [1.807, 2.05) is 13.8 Å². The van der Waals surface area contributed by atoms with Gasteiger partial charge in [-0.25, -0.2) is 0 Å².